The van der Waals surface area contributed by atoms with E-state index < -0.39 is 10.0 Å². The summed E-state index contributed by atoms with van der Waals surface area (Å²) in [5, 5.41) is 0. The maximum atomic E-state index is 12.2. The topological polar surface area (TPSA) is 59.1 Å². The Morgan fingerprint density at radius 2 is 2.17 bits per heavy atom. The van der Waals surface area contributed by atoms with Crippen molar-refractivity contribution in [3.8, 4) is 0 Å². The summed E-state index contributed by atoms with van der Waals surface area (Å²) >= 11 is 6.75. The minimum absolute atomic E-state index is 0.162. The summed E-state index contributed by atoms with van der Waals surface area (Å²) in [4.78, 5) is 3.94. The first kappa shape index (κ1) is 14.2. The fourth-order valence-corrected chi connectivity index (χ4v) is 5.18. The van der Waals surface area contributed by atoms with Gasteiger partial charge in [0.1, 0.15) is 0 Å². The number of thiazole rings is 1. The Morgan fingerprint density at radius 1 is 1.50 bits per heavy atom. The third kappa shape index (κ3) is 2.71. The highest BCUT2D eigenvalue weighted by atomic mass is 35.5. The standard InChI is InChI=1S/C11H17ClN2O2S2/c1-3-11(5-4-6-11)7-13-18(15,16)9-8(2)14-10(12)17-9/h13H,3-7H2,1-2H3. The van der Waals surface area contributed by atoms with E-state index in [2.05, 4.69) is 16.6 Å². The number of sulfonamides is 1. The molecule has 0 aliphatic heterocycles. The van der Waals surface area contributed by atoms with Crippen molar-refractivity contribution in [3.63, 3.8) is 0 Å². The molecule has 1 saturated carbocycles. The highest BCUT2D eigenvalue weighted by Crippen LogP contribution is 2.43. The van der Waals surface area contributed by atoms with Crippen LogP contribution in [0.25, 0.3) is 0 Å². The molecule has 1 aliphatic rings. The predicted octanol–water partition coefficient (Wildman–Crippen LogP) is 2.96. The van der Waals surface area contributed by atoms with Crippen molar-refractivity contribution in [1.29, 1.82) is 0 Å². The molecule has 0 radical (unpaired) electrons. The molecule has 0 atom stereocenters. The van der Waals surface area contributed by atoms with E-state index in [4.69, 9.17) is 11.6 Å². The maximum absolute atomic E-state index is 12.2. The molecular formula is C11H17ClN2O2S2. The number of aryl methyl sites for hydroxylation is 1. The molecule has 0 unspecified atom stereocenters. The second-order valence-corrected chi connectivity index (χ2v) is 8.41. The first-order valence-corrected chi connectivity index (χ1v) is 8.69. The Labute approximate surface area is 117 Å². The molecular weight excluding hydrogens is 292 g/mol. The van der Waals surface area contributed by atoms with Crippen LogP contribution < -0.4 is 4.72 Å². The van der Waals surface area contributed by atoms with Gasteiger partial charge in [-0.05, 0) is 31.6 Å². The first-order valence-electron chi connectivity index (χ1n) is 6.01. The van der Waals surface area contributed by atoms with Crippen LogP contribution in [0, 0.1) is 12.3 Å². The summed E-state index contributed by atoms with van der Waals surface area (Å²) in [7, 11) is -3.47. The van der Waals surface area contributed by atoms with Gasteiger partial charge in [-0.3, -0.25) is 0 Å². The summed E-state index contributed by atoms with van der Waals surface area (Å²) < 4.78 is 27.5. The molecule has 1 aromatic heterocycles. The molecule has 0 saturated heterocycles. The van der Waals surface area contributed by atoms with Gasteiger partial charge in [0, 0.05) is 6.54 Å². The molecule has 0 spiro atoms. The number of halogens is 1. The minimum Gasteiger partial charge on any atom is -0.229 e. The molecule has 0 bridgehead atoms. The lowest BCUT2D eigenvalue weighted by Gasteiger charge is -2.41. The number of hydrogen-bond acceptors (Lipinski definition) is 4. The van der Waals surface area contributed by atoms with Crippen molar-refractivity contribution in [2.75, 3.05) is 6.54 Å². The van der Waals surface area contributed by atoms with Crippen LogP contribution in [0.1, 0.15) is 38.3 Å². The molecule has 4 nitrogen and oxygen atoms in total. The zero-order valence-electron chi connectivity index (χ0n) is 10.5. The number of aromatic nitrogens is 1. The van der Waals surface area contributed by atoms with E-state index in [0.717, 1.165) is 30.6 Å². The average molecular weight is 309 g/mol. The van der Waals surface area contributed by atoms with Crippen LogP contribution in [0.5, 0.6) is 0 Å². The van der Waals surface area contributed by atoms with Gasteiger partial charge >= 0.3 is 0 Å². The van der Waals surface area contributed by atoms with Gasteiger partial charge in [-0.25, -0.2) is 18.1 Å². The number of hydrogen-bond donors (Lipinski definition) is 1. The van der Waals surface area contributed by atoms with Crippen LogP contribution in [0.3, 0.4) is 0 Å². The van der Waals surface area contributed by atoms with Gasteiger partial charge in [-0.15, -0.1) is 0 Å². The van der Waals surface area contributed by atoms with E-state index in [9.17, 15) is 8.42 Å². The predicted molar refractivity (Wildman–Crippen MR) is 73.6 cm³/mol. The van der Waals surface area contributed by atoms with Crippen molar-refractivity contribution < 1.29 is 8.42 Å². The van der Waals surface area contributed by atoms with E-state index in [-0.39, 0.29) is 14.1 Å². The first-order chi connectivity index (χ1) is 8.38. The van der Waals surface area contributed by atoms with Crippen molar-refractivity contribution in [1.82, 2.24) is 9.71 Å². The van der Waals surface area contributed by atoms with Crippen molar-refractivity contribution >= 4 is 33.0 Å². The zero-order chi connectivity index (χ0) is 13.4. The monoisotopic (exact) mass is 308 g/mol. The van der Waals surface area contributed by atoms with Crippen LogP contribution in [0.4, 0.5) is 0 Å². The van der Waals surface area contributed by atoms with E-state index in [1.54, 1.807) is 6.92 Å². The normalized spacial score (nSPS) is 18.6. The molecule has 102 valence electrons. The van der Waals surface area contributed by atoms with Crippen molar-refractivity contribution in [3.05, 3.63) is 10.2 Å². The number of rotatable bonds is 5. The van der Waals surface area contributed by atoms with Gasteiger partial charge < -0.3 is 0 Å². The molecule has 0 amide bonds. The minimum atomic E-state index is -3.47. The van der Waals surface area contributed by atoms with Gasteiger partial charge in [0.15, 0.2) is 8.68 Å². The van der Waals surface area contributed by atoms with Crippen molar-refractivity contribution in [2.24, 2.45) is 5.41 Å². The summed E-state index contributed by atoms with van der Waals surface area (Å²) in [6.07, 6.45) is 4.42. The lowest BCUT2D eigenvalue weighted by Crippen LogP contribution is -2.41. The van der Waals surface area contributed by atoms with Crippen LogP contribution in [0.2, 0.25) is 4.47 Å². The van der Waals surface area contributed by atoms with Crippen LogP contribution >= 0.6 is 22.9 Å². The summed E-state index contributed by atoms with van der Waals surface area (Å²) in [6.45, 7) is 4.29. The largest absolute Gasteiger partial charge is 0.252 e. The SMILES string of the molecule is CCC1(CNS(=O)(=O)c2sc(Cl)nc2C)CCC1. The van der Waals surface area contributed by atoms with Crippen LogP contribution in [-0.4, -0.2) is 19.9 Å². The summed E-state index contributed by atoms with van der Waals surface area (Å²) in [5.41, 5.74) is 0.631. The Bertz CT molecular complexity index is 530. The third-order valence-corrected chi connectivity index (χ3v) is 7.05. The van der Waals surface area contributed by atoms with E-state index >= 15 is 0 Å². The van der Waals surface area contributed by atoms with Crippen molar-refractivity contribution in [2.45, 2.75) is 43.7 Å². The molecule has 1 aliphatic carbocycles. The molecule has 1 aromatic rings. The fourth-order valence-electron chi connectivity index (χ4n) is 2.25. The van der Waals surface area contributed by atoms with E-state index in [1.165, 1.54) is 6.42 Å². The second-order valence-electron chi connectivity index (χ2n) is 4.87. The summed E-state index contributed by atoms with van der Waals surface area (Å²) in [5.74, 6) is 0. The van der Waals surface area contributed by atoms with Crippen LogP contribution in [0.15, 0.2) is 4.21 Å². The number of nitrogens with zero attached hydrogens (tertiary/aromatic N) is 1. The molecule has 2 rings (SSSR count). The lowest BCUT2D eigenvalue weighted by molar-refractivity contribution is 0.133. The average Bonchev–Trinajstić information content (AvgIpc) is 2.57. The van der Waals surface area contributed by atoms with Gasteiger partial charge in [-0.2, -0.15) is 0 Å². The molecule has 7 heteroatoms. The molecule has 18 heavy (non-hydrogen) atoms. The summed E-state index contributed by atoms with van der Waals surface area (Å²) in [6, 6.07) is 0. The Hall–Kier alpha value is -0.170. The highest BCUT2D eigenvalue weighted by molar-refractivity contribution is 7.91. The molecule has 1 fully saturated rings. The molecule has 0 aromatic carbocycles. The quantitative estimate of drug-likeness (QED) is 0.909. The Balaban J connectivity index is 2.10. The zero-order valence-corrected chi connectivity index (χ0v) is 12.9. The Kier molecular flexibility index (Phi) is 4.02. The Morgan fingerprint density at radius 3 is 2.56 bits per heavy atom. The van der Waals surface area contributed by atoms with Gasteiger partial charge in [-0.1, -0.05) is 36.3 Å². The van der Waals surface area contributed by atoms with Crippen LogP contribution in [-0.2, 0) is 10.0 Å². The molecule has 1 heterocycles. The third-order valence-electron chi connectivity index (χ3n) is 3.77. The van der Waals surface area contributed by atoms with E-state index in [0.29, 0.717) is 12.2 Å². The van der Waals surface area contributed by atoms with Gasteiger partial charge in [0.05, 0.1) is 5.69 Å². The van der Waals surface area contributed by atoms with Gasteiger partial charge in [0.25, 0.3) is 10.0 Å². The maximum Gasteiger partial charge on any atom is 0.252 e. The highest BCUT2D eigenvalue weighted by Gasteiger charge is 2.36. The van der Waals surface area contributed by atoms with Gasteiger partial charge in [0.2, 0.25) is 0 Å². The lowest BCUT2D eigenvalue weighted by atomic mass is 9.67. The smallest absolute Gasteiger partial charge is 0.229 e. The number of nitrogens with one attached hydrogen (secondary N) is 1. The second kappa shape index (κ2) is 5.07. The van der Waals surface area contributed by atoms with E-state index in [1.807, 2.05) is 0 Å². The fraction of sp³-hybridized carbons (Fsp3) is 0.727. The molecule has 1 N–H and O–H groups in total.